The molecule has 162 valence electrons. The van der Waals surface area contributed by atoms with Crippen LogP contribution in [0.15, 0.2) is 59.5 Å². The molecule has 31 heavy (non-hydrogen) atoms. The molecule has 3 rings (SSSR count). The third kappa shape index (κ3) is 5.04. The number of nitrogens with zero attached hydrogens (tertiary/aromatic N) is 1. The Balaban J connectivity index is 1.81. The van der Waals surface area contributed by atoms with Crippen molar-refractivity contribution in [3.63, 3.8) is 0 Å². The molecule has 0 unspecified atom stereocenters. The van der Waals surface area contributed by atoms with Gasteiger partial charge in [-0.15, -0.1) is 0 Å². The SMILES string of the molecule is COc1ccc(NC(=O)/C=C/c2cc(C)n(-c3ccc(C)cc3)c2C)cc1S(N)(=O)=O. The molecule has 8 heteroatoms. The highest BCUT2D eigenvalue weighted by Gasteiger charge is 2.16. The van der Waals surface area contributed by atoms with Crippen LogP contribution in [0.2, 0.25) is 0 Å². The van der Waals surface area contributed by atoms with Crippen molar-refractivity contribution in [2.75, 3.05) is 12.4 Å². The van der Waals surface area contributed by atoms with Crippen molar-refractivity contribution in [3.05, 3.63) is 77.1 Å². The number of nitrogens with one attached hydrogen (secondary N) is 1. The highest BCUT2D eigenvalue weighted by Crippen LogP contribution is 2.26. The van der Waals surface area contributed by atoms with Gasteiger partial charge >= 0.3 is 0 Å². The maximum atomic E-state index is 12.4. The zero-order chi connectivity index (χ0) is 22.8. The summed E-state index contributed by atoms with van der Waals surface area (Å²) in [4.78, 5) is 12.2. The number of hydrogen-bond donors (Lipinski definition) is 2. The number of hydrogen-bond acceptors (Lipinski definition) is 4. The number of benzene rings is 2. The monoisotopic (exact) mass is 439 g/mol. The van der Waals surface area contributed by atoms with E-state index in [4.69, 9.17) is 9.88 Å². The minimum Gasteiger partial charge on any atom is -0.495 e. The van der Waals surface area contributed by atoms with Gasteiger partial charge in [0.15, 0.2) is 0 Å². The molecule has 0 aliphatic rings. The van der Waals surface area contributed by atoms with Gasteiger partial charge in [0.2, 0.25) is 15.9 Å². The van der Waals surface area contributed by atoms with Crippen molar-refractivity contribution in [2.24, 2.45) is 5.14 Å². The predicted molar refractivity (Wildman–Crippen MR) is 122 cm³/mol. The van der Waals surface area contributed by atoms with E-state index in [1.165, 1.54) is 30.9 Å². The molecule has 3 N–H and O–H groups in total. The number of methoxy groups -OCH3 is 1. The first-order valence-electron chi connectivity index (χ1n) is 9.56. The van der Waals surface area contributed by atoms with Crippen LogP contribution in [-0.2, 0) is 14.8 Å². The Bertz CT molecular complexity index is 1260. The van der Waals surface area contributed by atoms with Crippen LogP contribution in [0.4, 0.5) is 5.69 Å². The van der Waals surface area contributed by atoms with Gasteiger partial charge in [0.1, 0.15) is 10.6 Å². The average molecular weight is 440 g/mol. The van der Waals surface area contributed by atoms with Gasteiger partial charge in [0.25, 0.3) is 0 Å². The summed E-state index contributed by atoms with van der Waals surface area (Å²) in [7, 11) is -2.65. The highest BCUT2D eigenvalue weighted by molar-refractivity contribution is 7.89. The van der Waals surface area contributed by atoms with Crippen LogP contribution in [0.3, 0.4) is 0 Å². The molecule has 0 saturated heterocycles. The molecule has 0 fully saturated rings. The number of nitrogens with two attached hydrogens (primary N) is 1. The van der Waals surface area contributed by atoms with E-state index in [0.717, 1.165) is 22.6 Å². The maximum Gasteiger partial charge on any atom is 0.248 e. The van der Waals surface area contributed by atoms with Gasteiger partial charge in [-0.2, -0.15) is 0 Å². The first-order valence-corrected chi connectivity index (χ1v) is 11.1. The van der Waals surface area contributed by atoms with Crippen molar-refractivity contribution < 1.29 is 17.9 Å². The van der Waals surface area contributed by atoms with Crippen LogP contribution < -0.4 is 15.2 Å². The topological polar surface area (TPSA) is 103 Å². The number of aromatic nitrogens is 1. The summed E-state index contributed by atoms with van der Waals surface area (Å²) in [5, 5.41) is 7.87. The Hall–Kier alpha value is -3.36. The summed E-state index contributed by atoms with van der Waals surface area (Å²) >= 11 is 0. The molecule has 0 atom stereocenters. The van der Waals surface area contributed by atoms with Gasteiger partial charge in [-0.1, -0.05) is 17.7 Å². The van der Waals surface area contributed by atoms with E-state index in [1.54, 1.807) is 12.1 Å². The molecular formula is C23H25N3O4S. The fraction of sp³-hybridized carbons (Fsp3) is 0.174. The van der Waals surface area contributed by atoms with E-state index in [9.17, 15) is 13.2 Å². The second-order valence-electron chi connectivity index (χ2n) is 7.23. The molecule has 7 nitrogen and oxygen atoms in total. The molecule has 0 radical (unpaired) electrons. The largest absolute Gasteiger partial charge is 0.495 e. The highest BCUT2D eigenvalue weighted by atomic mass is 32.2. The second kappa shape index (κ2) is 8.79. The van der Waals surface area contributed by atoms with Crippen LogP contribution in [0.1, 0.15) is 22.5 Å². The number of aryl methyl sites for hydroxylation is 2. The molecule has 1 heterocycles. The van der Waals surface area contributed by atoms with Crippen LogP contribution >= 0.6 is 0 Å². The zero-order valence-corrected chi connectivity index (χ0v) is 18.7. The number of carbonyl (C=O) groups excluding carboxylic acids is 1. The first kappa shape index (κ1) is 22.3. The molecule has 1 amide bonds. The normalized spacial score (nSPS) is 11.6. The Labute approximate surface area is 182 Å². The molecule has 3 aromatic rings. The van der Waals surface area contributed by atoms with Crippen LogP contribution in [-0.4, -0.2) is 26.0 Å². The lowest BCUT2D eigenvalue weighted by atomic mass is 10.2. The van der Waals surface area contributed by atoms with Gasteiger partial charge in [-0.05, 0) is 68.8 Å². The minimum atomic E-state index is -3.99. The summed E-state index contributed by atoms with van der Waals surface area (Å²) in [6.45, 7) is 6.04. The van der Waals surface area contributed by atoms with E-state index in [2.05, 4.69) is 34.1 Å². The number of amides is 1. The third-order valence-corrected chi connectivity index (χ3v) is 5.85. The smallest absolute Gasteiger partial charge is 0.248 e. The van der Waals surface area contributed by atoms with E-state index < -0.39 is 15.9 Å². The van der Waals surface area contributed by atoms with Gasteiger partial charge < -0.3 is 14.6 Å². The van der Waals surface area contributed by atoms with Gasteiger partial charge in [0, 0.05) is 28.8 Å². The summed E-state index contributed by atoms with van der Waals surface area (Å²) in [5.74, 6) is -0.287. The summed E-state index contributed by atoms with van der Waals surface area (Å²) < 4.78 is 30.6. The number of carbonyl (C=O) groups is 1. The molecule has 0 spiro atoms. The zero-order valence-electron chi connectivity index (χ0n) is 17.8. The van der Waals surface area contributed by atoms with Gasteiger partial charge in [0.05, 0.1) is 7.11 Å². The van der Waals surface area contributed by atoms with Crippen LogP contribution in [0.5, 0.6) is 5.75 Å². The molecule has 0 saturated carbocycles. The fourth-order valence-corrected chi connectivity index (χ4v) is 4.10. The average Bonchev–Trinajstić information content (AvgIpc) is 3.00. The van der Waals surface area contributed by atoms with Crippen molar-refractivity contribution in [1.82, 2.24) is 4.57 Å². The molecular weight excluding hydrogens is 414 g/mol. The van der Waals surface area contributed by atoms with Crippen molar-refractivity contribution in [2.45, 2.75) is 25.7 Å². The Morgan fingerprint density at radius 2 is 1.74 bits per heavy atom. The van der Waals surface area contributed by atoms with Crippen LogP contribution in [0.25, 0.3) is 11.8 Å². The number of primary sulfonamides is 1. The minimum absolute atomic E-state index is 0.111. The maximum absolute atomic E-state index is 12.4. The Morgan fingerprint density at radius 3 is 2.35 bits per heavy atom. The van der Waals surface area contributed by atoms with E-state index in [-0.39, 0.29) is 10.6 Å². The quantitative estimate of drug-likeness (QED) is 0.572. The molecule has 0 bridgehead atoms. The Morgan fingerprint density at radius 1 is 1.06 bits per heavy atom. The summed E-state index contributed by atoms with van der Waals surface area (Å²) in [5.41, 5.74) is 5.50. The van der Waals surface area contributed by atoms with Gasteiger partial charge in [-0.25, -0.2) is 13.6 Å². The van der Waals surface area contributed by atoms with E-state index in [0.29, 0.717) is 5.69 Å². The molecule has 0 aliphatic carbocycles. The van der Waals surface area contributed by atoms with E-state index in [1.807, 2.05) is 26.8 Å². The van der Waals surface area contributed by atoms with Crippen LogP contribution in [0, 0.1) is 20.8 Å². The lowest BCUT2D eigenvalue weighted by molar-refractivity contribution is -0.111. The lowest BCUT2D eigenvalue weighted by Crippen LogP contribution is -2.15. The number of ether oxygens (including phenoxy) is 1. The summed E-state index contributed by atoms with van der Waals surface area (Å²) in [6.07, 6.45) is 3.13. The molecule has 2 aromatic carbocycles. The Kier molecular flexibility index (Phi) is 6.33. The molecule has 0 aliphatic heterocycles. The van der Waals surface area contributed by atoms with Crippen molar-refractivity contribution in [3.8, 4) is 11.4 Å². The van der Waals surface area contributed by atoms with E-state index >= 15 is 0 Å². The molecule has 1 aromatic heterocycles. The fourth-order valence-electron chi connectivity index (χ4n) is 3.37. The second-order valence-corrected chi connectivity index (χ2v) is 8.76. The van der Waals surface area contributed by atoms with Gasteiger partial charge in [-0.3, -0.25) is 4.79 Å². The standard InChI is InChI=1S/C23H25N3O4S/c1-15-5-9-20(10-6-15)26-16(2)13-18(17(26)3)7-12-23(27)25-19-8-11-21(30-4)22(14-19)31(24,28)29/h5-14H,1-4H3,(H,25,27)(H2,24,28,29)/b12-7+. The number of rotatable bonds is 6. The lowest BCUT2D eigenvalue weighted by Gasteiger charge is -2.10. The van der Waals surface area contributed by atoms with Crippen molar-refractivity contribution >= 4 is 27.7 Å². The third-order valence-electron chi connectivity index (χ3n) is 4.91. The first-order chi connectivity index (χ1) is 14.6. The number of sulfonamides is 1. The number of anilines is 1. The predicted octanol–water partition coefficient (Wildman–Crippen LogP) is 3.71. The summed E-state index contributed by atoms with van der Waals surface area (Å²) in [6, 6.07) is 14.5. The van der Waals surface area contributed by atoms with Crippen molar-refractivity contribution in [1.29, 1.82) is 0 Å².